The number of hydrogen-bond donors (Lipinski definition) is 1. The number of halogens is 1. The average Bonchev–Trinajstić information content (AvgIpc) is 3.45. The summed E-state index contributed by atoms with van der Waals surface area (Å²) in [5.74, 6) is -0.847. The third kappa shape index (κ3) is 6.12. The molecule has 4 rings (SSSR count). The van der Waals surface area contributed by atoms with Gasteiger partial charge in [0.05, 0.1) is 22.1 Å². The molecule has 190 valence electrons. The summed E-state index contributed by atoms with van der Waals surface area (Å²) >= 11 is 6.85. The second-order valence-electron chi connectivity index (χ2n) is 7.98. The fraction of sp³-hybridized carbons (Fsp3) is 0.185. The monoisotopic (exact) mass is 538 g/mol. The molecule has 0 aliphatic carbocycles. The predicted molar refractivity (Wildman–Crippen MR) is 142 cm³/mol. The van der Waals surface area contributed by atoms with Crippen LogP contribution in [-0.2, 0) is 20.7 Å². The molecule has 1 aliphatic rings. The van der Waals surface area contributed by atoms with Gasteiger partial charge in [-0.15, -0.1) is 0 Å². The van der Waals surface area contributed by atoms with Crippen molar-refractivity contribution in [1.29, 1.82) is 0 Å². The topological polar surface area (TPSA) is 106 Å². The normalized spacial score (nSPS) is 14.4. The Morgan fingerprint density at radius 1 is 1.08 bits per heavy atom. The fourth-order valence-electron chi connectivity index (χ4n) is 3.56. The summed E-state index contributed by atoms with van der Waals surface area (Å²) in [6.07, 6.45) is 2.32. The van der Waals surface area contributed by atoms with Gasteiger partial charge in [-0.1, -0.05) is 30.7 Å². The van der Waals surface area contributed by atoms with Gasteiger partial charge in [0.1, 0.15) is 18.1 Å². The van der Waals surface area contributed by atoms with Crippen LogP contribution in [0.2, 0.25) is 5.02 Å². The lowest BCUT2D eigenvalue weighted by Crippen LogP contribution is -2.36. The zero-order chi connectivity index (χ0) is 26.5. The van der Waals surface area contributed by atoms with Gasteiger partial charge in [0.15, 0.2) is 0 Å². The maximum atomic E-state index is 12.8. The lowest BCUT2D eigenvalue weighted by atomic mass is 10.1. The number of aryl methyl sites for hydroxylation is 1. The average molecular weight is 539 g/mol. The molecule has 2 heterocycles. The standard InChI is InChI=1S/C27H23ClN2O6S/c1-3-16-5-8-18(9-6-16)29-24(31)15-30-25(32)23(37-27(30)34)14-19-10-12-22(36-19)17-7-11-21(28)20(13-17)26(33)35-4-2/h5-14H,3-4,15H2,1-2H3,(H,29,31)/b23-14+. The van der Waals surface area contributed by atoms with Crippen LogP contribution in [0.4, 0.5) is 10.5 Å². The van der Waals surface area contributed by atoms with Gasteiger partial charge in [0.2, 0.25) is 5.91 Å². The van der Waals surface area contributed by atoms with E-state index in [1.54, 1.807) is 49.4 Å². The van der Waals surface area contributed by atoms with Gasteiger partial charge in [0, 0.05) is 17.3 Å². The number of amides is 3. The van der Waals surface area contributed by atoms with Crippen molar-refractivity contribution in [2.75, 3.05) is 18.5 Å². The Kier molecular flexibility index (Phi) is 8.15. The number of nitrogens with zero attached hydrogens (tertiary/aromatic N) is 1. The highest BCUT2D eigenvalue weighted by atomic mass is 35.5. The molecule has 1 fully saturated rings. The van der Waals surface area contributed by atoms with Gasteiger partial charge in [-0.2, -0.15) is 0 Å². The van der Waals surface area contributed by atoms with E-state index in [1.165, 1.54) is 6.08 Å². The summed E-state index contributed by atoms with van der Waals surface area (Å²) in [5.41, 5.74) is 2.51. The highest BCUT2D eigenvalue weighted by Gasteiger charge is 2.36. The van der Waals surface area contributed by atoms with Crippen LogP contribution < -0.4 is 5.32 Å². The first-order chi connectivity index (χ1) is 17.8. The quantitative estimate of drug-likeness (QED) is 0.276. The number of esters is 1. The van der Waals surface area contributed by atoms with E-state index in [0.29, 0.717) is 22.8 Å². The molecule has 0 unspecified atom stereocenters. The second kappa shape index (κ2) is 11.5. The highest BCUT2D eigenvalue weighted by Crippen LogP contribution is 2.34. The minimum atomic E-state index is -0.583. The Morgan fingerprint density at radius 3 is 2.54 bits per heavy atom. The molecule has 0 bridgehead atoms. The molecule has 0 spiro atoms. The molecule has 3 amide bonds. The van der Waals surface area contributed by atoms with E-state index in [0.717, 1.165) is 28.6 Å². The van der Waals surface area contributed by atoms with Crippen LogP contribution in [0, 0.1) is 0 Å². The van der Waals surface area contributed by atoms with E-state index in [2.05, 4.69) is 5.32 Å². The number of carbonyl (C=O) groups excluding carboxylic acids is 4. The molecule has 3 aromatic rings. The predicted octanol–water partition coefficient (Wildman–Crippen LogP) is 6.01. The Morgan fingerprint density at radius 2 is 1.84 bits per heavy atom. The maximum Gasteiger partial charge on any atom is 0.339 e. The van der Waals surface area contributed by atoms with Crippen molar-refractivity contribution >= 4 is 58.1 Å². The van der Waals surface area contributed by atoms with Crippen molar-refractivity contribution in [3.8, 4) is 11.3 Å². The van der Waals surface area contributed by atoms with Gasteiger partial charge in [-0.05, 0) is 73.1 Å². The number of thioether (sulfide) groups is 1. The number of nitrogens with one attached hydrogen (secondary N) is 1. The molecule has 0 radical (unpaired) electrons. The second-order valence-corrected chi connectivity index (χ2v) is 9.38. The molecule has 37 heavy (non-hydrogen) atoms. The molecule has 2 aromatic carbocycles. The van der Waals surface area contributed by atoms with E-state index < -0.39 is 29.6 Å². The van der Waals surface area contributed by atoms with Gasteiger partial charge in [0.25, 0.3) is 11.1 Å². The lowest BCUT2D eigenvalue weighted by molar-refractivity contribution is -0.127. The highest BCUT2D eigenvalue weighted by molar-refractivity contribution is 8.18. The van der Waals surface area contributed by atoms with Crippen molar-refractivity contribution in [2.45, 2.75) is 20.3 Å². The van der Waals surface area contributed by atoms with Crippen molar-refractivity contribution in [1.82, 2.24) is 4.90 Å². The van der Waals surface area contributed by atoms with Crippen molar-refractivity contribution < 1.29 is 28.3 Å². The van der Waals surface area contributed by atoms with Crippen molar-refractivity contribution in [2.24, 2.45) is 0 Å². The molecular weight excluding hydrogens is 516 g/mol. The molecular formula is C27H23ClN2O6S. The SMILES string of the molecule is CCOC(=O)c1cc(-c2ccc(/C=C3/SC(=O)N(CC(=O)Nc4ccc(CC)cc4)C3=O)o2)ccc1Cl. The zero-order valence-corrected chi connectivity index (χ0v) is 21.7. The summed E-state index contributed by atoms with van der Waals surface area (Å²) in [5, 5.41) is 2.41. The number of furan rings is 1. The molecule has 0 atom stereocenters. The number of rotatable bonds is 8. The van der Waals surface area contributed by atoms with Gasteiger partial charge >= 0.3 is 5.97 Å². The van der Waals surface area contributed by atoms with E-state index in [1.807, 2.05) is 19.1 Å². The van der Waals surface area contributed by atoms with E-state index in [-0.39, 0.29) is 22.1 Å². The minimum absolute atomic E-state index is 0.134. The van der Waals surface area contributed by atoms with Crippen LogP contribution in [0.1, 0.15) is 35.5 Å². The fourth-order valence-corrected chi connectivity index (χ4v) is 4.58. The Balaban J connectivity index is 1.45. The Bertz CT molecular complexity index is 1400. The van der Waals surface area contributed by atoms with E-state index in [9.17, 15) is 19.2 Å². The van der Waals surface area contributed by atoms with Crippen LogP contribution in [0.25, 0.3) is 17.4 Å². The molecule has 8 nitrogen and oxygen atoms in total. The van der Waals surface area contributed by atoms with Crippen molar-refractivity contribution in [3.63, 3.8) is 0 Å². The van der Waals surface area contributed by atoms with Crippen LogP contribution in [0.15, 0.2) is 63.9 Å². The summed E-state index contributed by atoms with van der Waals surface area (Å²) in [6.45, 7) is 3.55. The van der Waals surface area contributed by atoms with E-state index in [4.69, 9.17) is 20.8 Å². The molecule has 1 aliphatic heterocycles. The largest absolute Gasteiger partial charge is 0.462 e. The summed E-state index contributed by atoms with van der Waals surface area (Å²) < 4.78 is 10.8. The van der Waals surface area contributed by atoms with Gasteiger partial charge in [-0.3, -0.25) is 19.3 Å². The first-order valence-electron chi connectivity index (χ1n) is 11.5. The van der Waals surface area contributed by atoms with Crippen LogP contribution in [0.3, 0.4) is 0 Å². The summed E-state index contributed by atoms with van der Waals surface area (Å²) in [6, 6.07) is 15.5. The van der Waals surface area contributed by atoms with Crippen LogP contribution >= 0.6 is 23.4 Å². The van der Waals surface area contributed by atoms with Gasteiger partial charge in [-0.25, -0.2) is 4.79 Å². The number of ether oxygens (including phenoxy) is 1. The Labute approximate surface area is 222 Å². The number of hydrogen-bond acceptors (Lipinski definition) is 7. The van der Waals surface area contributed by atoms with Crippen molar-refractivity contribution in [3.05, 3.63) is 81.4 Å². The van der Waals surface area contributed by atoms with E-state index >= 15 is 0 Å². The molecule has 0 saturated carbocycles. The number of benzene rings is 2. The third-order valence-corrected chi connectivity index (χ3v) is 6.70. The summed E-state index contributed by atoms with van der Waals surface area (Å²) in [7, 11) is 0. The first kappa shape index (κ1) is 26.2. The number of anilines is 1. The first-order valence-corrected chi connectivity index (χ1v) is 12.7. The molecule has 1 N–H and O–H groups in total. The van der Waals surface area contributed by atoms with Crippen LogP contribution in [0.5, 0.6) is 0 Å². The number of imide groups is 1. The number of carbonyl (C=O) groups is 4. The Hall–Kier alpha value is -3.82. The third-order valence-electron chi connectivity index (χ3n) is 5.47. The maximum absolute atomic E-state index is 12.8. The molecule has 1 saturated heterocycles. The smallest absolute Gasteiger partial charge is 0.339 e. The molecule has 10 heteroatoms. The molecule has 1 aromatic heterocycles. The lowest BCUT2D eigenvalue weighted by Gasteiger charge is -2.12. The van der Waals surface area contributed by atoms with Crippen LogP contribution in [-0.4, -0.2) is 41.1 Å². The minimum Gasteiger partial charge on any atom is -0.462 e. The zero-order valence-electron chi connectivity index (χ0n) is 20.1. The summed E-state index contributed by atoms with van der Waals surface area (Å²) in [4.78, 5) is 50.8. The van der Waals surface area contributed by atoms with Gasteiger partial charge < -0.3 is 14.5 Å².